The lowest BCUT2D eigenvalue weighted by Gasteiger charge is -2.32. The minimum Gasteiger partial charge on any atom is -0.394 e. The molecular formula is C16H20F3NO. The SMILES string of the molecule is OC[C@H](NC1CCC2(CC1)CC2(F)F)c1ccc(F)cc1. The first-order chi connectivity index (χ1) is 9.96. The molecule has 1 aromatic carbocycles. The highest BCUT2D eigenvalue weighted by Gasteiger charge is 2.70. The zero-order valence-electron chi connectivity index (χ0n) is 11.8. The number of aliphatic hydroxyl groups is 1. The lowest BCUT2D eigenvalue weighted by Crippen LogP contribution is -2.38. The molecule has 1 atom stereocenters. The Hall–Kier alpha value is -1.07. The molecule has 0 saturated heterocycles. The van der Waals surface area contributed by atoms with E-state index < -0.39 is 11.3 Å². The number of halogens is 3. The predicted octanol–water partition coefficient (Wildman–Crippen LogP) is 3.42. The Balaban J connectivity index is 1.57. The van der Waals surface area contributed by atoms with Crippen molar-refractivity contribution in [3.63, 3.8) is 0 Å². The molecule has 0 aromatic heterocycles. The number of nitrogens with one attached hydrogen (secondary N) is 1. The maximum Gasteiger partial charge on any atom is 0.254 e. The Bertz CT molecular complexity index is 495. The Kier molecular flexibility index (Phi) is 3.74. The number of alkyl halides is 2. The van der Waals surface area contributed by atoms with E-state index in [1.165, 1.54) is 12.1 Å². The number of hydrogen-bond acceptors (Lipinski definition) is 2. The average molecular weight is 299 g/mol. The van der Waals surface area contributed by atoms with Gasteiger partial charge >= 0.3 is 0 Å². The van der Waals surface area contributed by atoms with Crippen molar-refractivity contribution in [1.29, 1.82) is 0 Å². The van der Waals surface area contributed by atoms with Gasteiger partial charge in [0.2, 0.25) is 0 Å². The monoisotopic (exact) mass is 299 g/mol. The first-order valence-electron chi connectivity index (χ1n) is 7.46. The van der Waals surface area contributed by atoms with Gasteiger partial charge in [-0.15, -0.1) is 0 Å². The lowest BCUT2D eigenvalue weighted by atomic mass is 9.82. The molecule has 2 aliphatic rings. The fourth-order valence-corrected chi connectivity index (χ4v) is 3.49. The molecule has 2 fully saturated rings. The summed E-state index contributed by atoms with van der Waals surface area (Å²) in [7, 11) is 0. The fraction of sp³-hybridized carbons (Fsp3) is 0.625. The quantitative estimate of drug-likeness (QED) is 0.893. The van der Waals surface area contributed by atoms with Crippen molar-refractivity contribution in [3.8, 4) is 0 Å². The van der Waals surface area contributed by atoms with Gasteiger partial charge in [0, 0.05) is 17.9 Å². The second kappa shape index (κ2) is 5.29. The Morgan fingerprint density at radius 1 is 1.19 bits per heavy atom. The number of benzene rings is 1. The highest BCUT2D eigenvalue weighted by molar-refractivity contribution is 5.20. The molecule has 3 rings (SSSR count). The fourth-order valence-electron chi connectivity index (χ4n) is 3.49. The van der Waals surface area contributed by atoms with Gasteiger partial charge in [0.1, 0.15) is 5.82 Å². The minimum atomic E-state index is -2.47. The lowest BCUT2D eigenvalue weighted by molar-refractivity contribution is 0.0424. The largest absolute Gasteiger partial charge is 0.394 e. The third-order valence-electron chi connectivity index (χ3n) is 5.05. The van der Waals surface area contributed by atoms with E-state index in [1.54, 1.807) is 12.1 Å². The van der Waals surface area contributed by atoms with E-state index in [4.69, 9.17) is 0 Å². The second-order valence-corrected chi connectivity index (χ2v) is 6.39. The average Bonchev–Trinajstić information content (AvgIpc) is 3.00. The molecule has 0 amide bonds. The van der Waals surface area contributed by atoms with Gasteiger partial charge in [0.25, 0.3) is 5.92 Å². The van der Waals surface area contributed by atoms with Crippen molar-refractivity contribution in [2.75, 3.05) is 6.61 Å². The van der Waals surface area contributed by atoms with Gasteiger partial charge in [0.15, 0.2) is 0 Å². The van der Waals surface area contributed by atoms with Gasteiger partial charge in [-0.25, -0.2) is 13.2 Å². The normalized spacial score (nSPS) is 32.1. The summed E-state index contributed by atoms with van der Waals surface area (Å²) in [4.78, 5) is 0. The first kappa shape index (κ1) is 14.9. The Morgan fingerprint density at radius 3 is 2.24 bits per heavy atom. The van der Waals surface area contributed by atoms with E-state index in [-0.39, 0.29) is 30.9 Å². The molecule has 0 radical (unpaired) electrons. The van der Waals surface area contributed by atoms with Crippen LogP contribution in [0.4, 0.5) is 13.2 Å². The van der Waals surface area contributed by atoms with Crippen molar-refractivity contribution in [3.05, 3.63) is 35.6 Å². The van der Waals surface area contributed by atoms with Crippen LogP contribution in [-0.4, -0.2) is 23.7 Å². The van der Waals surface area contributed by atoms with Gasteiger partial charge in [-0.3, -0.25) is 0 Å². The van der Waals surface area contributed by atoms with Crippen LogP contribution in [0.15, 0.2) is 24.3 Å². The van der Waals surface area contributed by atoms with Crippen molar-refractivity contribution in [2.24, 2.45) is 5.41 Å². The summed E-state index contributed by atoms with van der Waals surface area (Å²) in [6.45, 7) is -0.0938. The molecule has 0 aliphatic heterocycles. The third kappa shape index (κ3) is 2.81. The van der Waals surface area contributed by atoms with Crippen LogP contribution < -0.4 is 5.32 Å². The van der Waals surface area contributed by atoms with Crippen LogP contribution in [-0.2, 0) is 0 Å². The highest BCUT2D eigenvalue weighted by Crippen LogP contribution is 2.67. The van der Waals surface area contributed by atoms with Crippen LogP contribution in [0.2, 0.25) is 0 Å². The second-order valence-electron chi connectivity index (χ2n) is 6.39. The summed E-state index contributed by atoms with van der Waals surface area (Å²) in [5, 5.41) is 12.8. The number of rotatable bonds is 4. The van der Waals surface area contributed by atoms with Crippen LogP contribution in [0.1, 0.15) is 43.7 Å². The zero-order valence-corrected chi connectivity index (χ0v) is 11.8. The molecule has 2 aliphatic carbocycles. The van der Waals surface area contributed by atoms with Crippen LogP contribution in [0.3, 0.4) is 0 Å². The van der Waals surface area contributed by atoms with E-state index >= 15 is 0 Å². The molecule has 21 heavy (non-hydrogen) atoms. The number of hydrogen-bond donors (Lipinski definition) is 2. The highest BCUT2D eigenvalue weighted by atomic mass is 19.3. The molecular weight excluding hydrogens is 279 g/mol. The van der Waals surface area contributed by atoms with Gasteiger partial charge in [-0.2, -0.15) is 0 Å². The van der Waals surface area contributed by atoms with Crippen LogP contribution >= 0.6 is 0 Å². The van der Waals surface area contributed by atoms with E-state index in [2.05, 4.69) is 5.32 Å². The molecule has 0 unspecified atom stereocenters. The molecule has 0 heterocycles. The van der Waals surface area contributed by atoms with Gasteiger partial charge in [-0.05, 0) is 43.4 Å². The summed E-state index contributed by atoms with van der Waals surface area (Å²) < 4.78 is 39.6. The van der Waals surface area contributed by atoms with E-state index in [0.29, 0.717) is 25.7 Å². The summed E-state index contributed by atoms with van der Waals surface area (Å²) in [5.41, 5.74) is 0.0754. The van der Waals surface area contributed by atoms with Gasteiger partial charge in [-0.1, -0.05) is 12.1 Å². The topological polar surface area (TPSA) is 32.3 Å². The maximum absolute atomic E-state index is 13.3. The summed E-state index contributed by atoms with van der Waals surface area (Å²) in [6.07, 6.45) is 2.52. The minimum absolute atomic E-state index is 0.0358. The van der Waals surface area contributed by atoms with Crippen LogP contribution in [0, 0.1) is 11.2 Å². The molecule has 5 heteroatoms. The van der Waals surface area contributed by atoms with Gasteiger partial charge < -0.3 is 10.4 Å². The summed E-state index contributed by atoms with van der Waals surface area (Å²) in [6, 6.07) is 5.87. The molecule has 0 bridgehead atoms. The van der Waals surface area contributed by atoms with Crippen LogP contribution in [0.5, 0.6) is 0 Å². The van der Waals surface area contributed by atoms with Gasteiger partial charge in [0.05, 0.1) is 12.6 Å². The summed E-state index contributed by atoms with van der Waals surface area (Å²) >= 11 is 0. The van der Waals surface area contributed by atoms with E-state index in [1.807, 2.05) is 0 Å². The van der Waals surface area contributed by atoms with E-state index in [9.17, 15) is 18.3 Å². The number of aliphatic hydroxyl groups excluding tert-OH is 1. The van der Waals surface area contributed by atoms with Crippen molar-refractivity contribution in [1.82, 2.24) is 5.32 Å². The van der Waals surface area contributed by atoms with Crippen LogP contribution in [0.25, 0.3) is 0 Å². The Morgan fingerprint density at radius 2 is 1.76 bits per heavy atom. The standard InChI is InChI=1S/C16H20F3NO/c17-12-3-1-11(2-4-12)14(9-21)20-13-5-7-15(8-6-13)10-16(15,18)19/h1-4,13-14,20-21H,5-10H2/t13?,14-,15?/m0/s1. The Labute approximate surface area is 122 Å². The molecule has 1 spiro atoms. The molecule has 1 aromatic rings. The molecule has 116 valence electrons. The molecule has 2 nitrogen and oxygen atoms in total. The van der Waals surface area contributed by atoms with Crippen molar-refractivity contribution >= 4 is 0 Å². The predicted molar refractivity (Wildman–Crippen MR) is 73.6 cm³/mol. The molecule has 2 N–H and O–H groups in total. The zero-order chi connectivity index (χ0) is 15.1. The first-order valence-corrected chi connectivity index (χ1v) is 7.46. The third-order valence-corrected chi connectivity index (χ3v) is 5.05. The molecule has 2 saturated carbocycles. The van der Waals surface area contributed by atoms with Crippen molar-refractivity contribution in [2.45, 2.75) is 50.1 Å². The summed E-state index contributed by atoms with van der Waals surface area (Å²) in [5.74, 6) is -2.78. The van der Waals surface area contributed by atoms with E-state index in [0.717, 1.165) is 5.56 Å². The van der Waals surface area contributed by atoms with Crippen molar-refractivity contribution < 1.29 is 18.3 Å². The smallest absolute Gasteiger partial charge is 0.254 e. The maximum atomic E-state index is 13.3.